The zero-order valence-electron chi connectivity index (χ0n) is 61.7. The van der Waals surface area contributed by atoms with Gasteiger partial charge in [0.25, 0.3) is 0 Å². The van der Waals surface area contributed by atoms with Gasteiger partial charge >= 0.3 is 40.9 Å². The maximum absolute atomic E-state index is 11.4. The minimum atomic E-state index is -1.16. The van der Waals surface area contributed by atoms with Gasteiger partial charge in [-0.3, -0.25) is 9.59 Å². The van der Waals surface area contributed by atoms with Crippen LogP contribution < -0.4 is 0 Å². The Balaban J connectivity index is 0.000000336. The lowest BCUT2D eigenvalue weighted by atomic mass is 10.2. The molecule has 44 nitrogen and oxygen atoms in total. The van der Waals surface area contributed by atoms with E-state index in [1.165, 1.54) is 83.9 Å². The van der Waals surface area contributed by atoms with Gasteiger partial charge in [0.15, 0.2) is 49.8 Å². The van der Waals surface area contributed by atoms with Gasteiger partial charge in [-0.25, -0.2) is 4.79 Å². The number of aliphatic hydroxyl groups excluding tert-OH is 3. The number of hydrogen-bond acceptors (Lipinski definition) is 33. The minimum Gasteiger partial charge on any atom is -0.478 e. The summed E-state index contributed by atoms with van der Waals surface area (Å²) in [6, 6.07) is 5.28. The summed E-state index contributed by atoms with van der Waals surface area (Å²) in [6.45, 7) is 10.8. The molecule has 112 heavy (non-hydrogen) atoms. The molecule has 48 heteroatoms. The van der Waals surface area contributed by atoms with Crippen molar-refractivity contribution < 1.29 is 107 Å². The second kappa shape index (κ2) is 57.4. The van der Waals surface area contributed by atoms with Gasteiger partial charge in [-0.2, -0.15) is 18.7 Å². The molecule has 0 radical (unpaired) electrons. The van der Waals surface area contributed by atoms with Crippen molar-refractivity contribution in [2.75, 3.05) is 103 Å². The Labute approximate surface area is 674 Å². The maximum atomic E-state index is 11.4. The quantitative estimate of drug-likeness (QED) is 0.0180. The summed E-state index contributed by atoms with van der Waals surface area (Å²) in [5.41, 5.74) is 2.42. The first-order valence-electron chi connectivity index (χ1n) is 35.2. The predicted molar refractivity (Wildman–Crippen MR) is 410 cm³/mol. The van der Waals surface area contributed by atoms with Crippen LogP contribution in [0.1, 0.15) is 131 Å². The fourth-order valence-electron chi connectivity index (χ4n) is 9.81. The molecule has 0 saturated carbocycles. The van der Waals surface area contributed by atoms with E-state index < -0.39 is 35.5 Å². The van der Waals surface area contributed by atoms with E-state index in [0.29, 0.717) is 79.1 Å². The first kappa shape index (κ1) is 98.5. The van der Waals surface area contributed by atoms with Crippen molar-refractivity contribution in [1.29, 1.82) is 0 Å². The number of aliphatic imine (C=N–C) groups is 2. The molecule has 4 aromatic rings. The molecule has 11 rings (SSSR count). The van der Waals surface area contributed by atoms with Gasteiger partial charge in [0, 0.05) is 79.5 Å². The van der Waals surface area contributed by atoms with E-state index in [-0.39, 0.29) is 129 Å². The second-order valence-electron chi connectivity index (χ2n) is 23.6. The van der Waals surface area contributed by atoms with Gasteiger partial charge in [-0.05, 0) is 126 Å². The van der Waals surface area contributed by atoms with Crippen LogP contribution in [0.25, 0.3) is 0 Å². The molecule has 4 atom stereocenters. The van der Waals surface area contributed by atoms with E-state index in [4.69, 9.17) is 63.1 Å². The van der Waals surface area contributed by atoms with Crippen LogP contribution in [0.5, 0.6) is 0 Å². The number of rotatable bonds is 28. The van der Waals surface area contributed by atoms with E-state index in [1.807, 2.05) is 0 Å². The number of aromatic nitrogens is 8. The number of halogens is 4. The molecule has 0 spiro atoms. The van der Waals surface area contributed by atoms with Gasteiger partial charge < -0.3 is 124 Å². The average Bonchev–Trinajstić information content (AvgIpc) is 1.72. The fraction of sp³-hybridized carbons (Fsp3) is 0.672. The highest BCUT2D eigenvalue weighted by atomic mass is 79.9. The number of ether oxygens (including phenoxy) is 9. The molecule has 4 N–H and O–H groups in total. The first-order chi connectivity index (χ1) is 53.7. The van der Waals surface area contributed by atoms with Crippen molar-refractivity contribution in [1.82, 2.24) is 39.1 Å². The number of amidine groups is 2. The van der Waals surface area contributed by atoms with Gasteiger partial charge in [-0.15, -0.1) is 0 Å². The lowest BCUT2D eigenvalue weighted by molar-refractivity contribution is -0.390. The highest BCUT2D eigenvalue weighted by Gasteiger charge is 2.27. The van der Waals surface area contributed by atoms with E-state index in [9.17, 15) is 75.1 Å². The Morgan fingerprint density at radius 3 is 1.06 bits per heavy atom. The molecule has 0 bridgehead atoms. The Morgan fingerprint density at radius 1 is 0.446 bits per heavy atom. The average molecular weight is 1860 g/mol. The number of carbonyl (C=O) groups excluding carboxylic acids is 2. The number of carbonyl (C=O) groups is 3. The van der Waals surface area contributed by atoms with Crippen molar-refractivity contribution >= 4 is 116 Å². The molecule has 11 heterocycles. The molecule has 4 aromatic heterocycles. The molecule has 4 unspecified atom stereocenters. The largest absolute Gasteiger partial charge is 0.478 e. The lowest BCUT2D eigenvalue weighted by Crippen LogP contribution is -2.24. The summed E-state index contributed by atoms with van der Waals surface area (Å²) in [4.78, 5) is 98.0. The van der Waals surface area contributed by atoms with Crippen LogP contribution in [0.4, 0.5) is 23.3 Å². The van der Waals surface area contributed by atoms with Crippen molar-refractivity contribution in [2.24, 2.45) is 9.98 Å². The molecule has 0 amide bonds. The fourth-order valence-corrected chi connectivity index (χ4v) is 10.9. The van der Waals surface area contributed by atoms with Gasteiger partial charge in [0.05, 0.1) is 146 Å². The van der Waals surface area contributed by atoms with Crippen LogP contribution in [0.15, 0.2) is 57.5 Å². The molecular weight excluding hydrogens is 1760 g/mol. The normalized spacial score (nSPS) is 18.0. The number of hydrogen-bond donors (Lipinski definition) is 4. The summed E-state index contributed by atoms with van der Waals surface area (Å²) >= 11 is 12.8. The number of carboxylic acids is 1. The Kier molecular flexibility index (Phi) is 50.4. The molecule has 7 aliphatic heterocycles. The SMILES string of the molecule is BrCCOC1CCCCO1.C1CCOC1.CC(=O)C1=CC([N+](=O)[O-])=NC1.CC(=O)c1cc([N+](=O)[O-])nn1CCOC1CCCCO1.O=C(O)C1=CC([N+](=O)[O-])=NC1.O=[N+]([O-])c1cc(CBr)n(CCO)n1.O=[N+]([O-])c1cc(CBr)n(CCOC2CCCCO2)n1.O=[N+]([O-])c1cc(CO)n(CCOC2CCCCO2)n1.OCCBr. The number of ketones is 2. The number of carboxylic acid groups (broad SMARTS) is 1. The van der Waals surface area contributed by atoms with E-state index in [2.05, 4.69) is 94.1 Å². The smallest absolute Gasteiger partial charge is 0.390 e. The summed E-state index contributed by atoms with van der Waals surface area (Å²) in [6.07, 6.45) is 16.8. The zero-order chi connectivity index (χ0) is 82.8. The number of aliphatic carboxylic acids is 1. The minimum absolute atomic E-state index is 0.0447. The molecule has 5 saturated heterocycles. The van der Waals surface area contributed by atoms with E-state index in [1.54, 1.807) is 4.68 Å². The predicted octanol–water partition coefficient (Wildman–Crippen LogP) is 8.24. The third-order valence-electron chi connectivity index (χ3n) is 15.4. The summed E-state index contributed by atoms with van der Waals surface area (Å²) in [5.74, 6) is -3.12. The molecule has 0 aliphatic carbocycles. The van der Waals surface area contributed by atoms with Gasteiger partial charge in [0.2, 0.25) is 0 Å². The van der Waals surface area contributed by atoms with Crippen molar-refractivity contribution in [2.45, 2.75) is 172 Å². The van der Waals surface area contributed by atoms with Crippen LogP contribution in [0, 0.1) is 60.7 Å². The number of nitro groups is 6. The maximum Gasteiger partial charge on any atom is 0.390 e. The standard InChI is InChI=1S/C12H17N3O5.C11H16BrN3O4.C11H17N3O5.C7H13BrO2.C6H8BrN3O3.C6H6N2O3.C5H4N2O4.C4H8O.C2H5BrO/c1-9(16)10-8-11(15(17)18)13-14(10)5-7-20-12-4-2-3-6-19-12;12-8-9-7-10(15(16)17)13-14(9)4-6-19-11-3-1-2-5-18-11;15-8-9-7-10(14(16)17)12-13(9)4-6-19-11-3-1-2-5-18-11;8-4-6-10-7-3-1-2-5-9-7;7-4-5-3-6(10(12)13)8-9(5)1-2-11;1-4(9)5-2-6(7-3-5)8(10)11;8-5(9)3-1-4(6-2-3)7(10)11;1-2-4-5-3-1;3-1-2-4/h8,12H,2-7H2,1H3;7,11H,1-6,8H2;7,11,15H,1-6,8H2;7H,1-6H2;3,11H,1-2,4H2;2H,3H2,1H3;1H,2H2,(H,8,9);1-4H2;4H,1-2H2. The molecule has 0 aromatic carbocycles. The number of aliphatic hydroxyl groups is 3. The topological polar surface area (TPSA) is 570 Å². The molecule has 7 aliphatic rings. The number of alkyl halides is 4. The van der Waals surface area contributed by atoms with Crippen LogP contribution in [-0.2, 0) is 95.7 Å². The van der Waals surface area contributed by atoms with Crippen LogP contribution >= 0.6 is 63.7 Å². The van der Waals surface area contributed by atoms with Crippen molar-refractivity contribution in [3.63, 3.8) is 0 Å². The van der Waals surface area contributed by atoms with Crippen LogP contribution in [0.3, 0.4) is 0 Å². The molecule has 626 valence electrons. The number of nitrogens with zero attached hydrogens (tertiary/aromatic N) is 16. The van der Waals surface area contributed by atoms with E-state index >= 15 is 0 Å². The van der Waals surface area contributed by atoms with Gasteiger partial charge in [0.1, 0.15) is 5.69 Å². The highest BCUT2D eigenvalue weighted by molar-refractivity contribution is 9.09. The van der Waals surface area contributed by atoms with Crippen molar-refractivity contribution in [3.8, 4) is 0 Å². The van der Waals surface area contributed by atoms with Gasteiger partial charge in [-0.1, -0.05) is 73.7 Å². The van der Waals surface area contributed by atoms with Crippen molar-refractivity contribution in [3.05, 3.63) is 131 Å². The van der Waals surface area contributed by atoms with Crippen LogP contribution in [-0.4, -0.2) is 246 Å². The molecule has 5 fully saturated rings. The number of Topliss-reactive ketones (excluding diaryl/α,β-unsaturated/α-hetero) is 2. The third-order valence-corrected chi connectivity index (χ3v) is 17.2. The third kappa shape index (κ3) is 39.4. The van der Waals surface area contributed by atoms with Crippen LogP contribution in [0.2, 0.25) is 0 Å². The zero-order valence-corrected chi connectivity index (χ0v) is 68.0. The lowest BCUT2D eigenvalue weighted by Gasteiger charge is -2.22. The Bertz CT molecular complexity index is 3530. The first-order valence-corrected chi connectivity index (χ1v) is 39.7. The van der Waals surface area contributed by atoms with E-state index in [0.717, 1.165) is 114 Å². The monoisotopic (exact) mass is 1850 g/mol. The highest BCUT2D eigenvalue weighted by Crippen LogP contribution is 2.21. The molecular formula is C64H94Br4N16O28. The Hall–Kier alpha value is -7.69. The Morgan fingerprint density at radius 2 is 0.786 bits per heavy atom. The summed E-state index contributed by atoms with van der Waals surface area (Å²) < 4.78 is 54.2. The second-order valence-corrected chi connectivity index (χ2v) is 26.4. The summed E-state index contributed by atoms with van der Waals surface area (Å²) in [7, 11) is 0. The summed E-state index contributed by atoms with van der Waals surface area (Å²) in [5, 5.41) is 114.